The highest BCUT2D eigenvalue weighted by atomic mass is 19.4. The molecule has 0 radical (unpaired) electrons. The summed E-state index contributed by atoms with van der Waals surface area (Å²) in [6, 6.07) is 0.889. The molecule has 0 bridgehead atoms. The van der Waals surface area contributed by atoms with Crippen molar-refractivity contribution in [2.24, 2.45) is 11.1 Å². The number of nitrogens with zero attached hydrogens (tertiary/aromatic N) is 2. The van der Waals surface area contributed by atoms with Gasteiger partial charge in [-0.25, -0.2) is 9.97 Å². The summed E-state index contributed by atoms with van der Waals surface area (Å²) in [5.74, 6) is -0.00481. The Hall–Kier alpha value is -1.37. The third-order valence-corrected chi connectivity index (χ3v) is 3.59. The monoisotopic (exact) mass is 260 g/mol. The van der Waals surface area contributed by atoms with Crippen molar-refractivity contribution in [3.63, 3.8) is 0 Å². The predicted molar refractivity (Wildman–Crippen MR) is 60.8 cm³/mol. The number of nitrogens with one attached hydrogen (secondary N) is 1. The van der Waals surface area contributed by atoms with Gasteiger partial charge in [0, 0.05) is 23.7 Å². The number of rotatable bonds is 2. The van der Waals surface area contributed by atoms with E-state index >= 15 is 0 Å². The zero-order valence-corrected chi connectivity index (χ0v) is 10.1. The summed E-state index contributed by atoms with van der Waals surface area (Å²) in [6.45, 7) is 3.93. The Morgan fingerprint density at radius 1 is 1.44 bits per heavy atom. The summed E-state index contributed by atoms with van der Waals surface area (Å²) in [7, 11) is 0. The number of aromatic nitrogens is 2. The van der Waals surface area contributed by atoms with Crippen molar-refractivity contribution in [3.8, 4) is 0 Å². The van der Waals surface area contributed by atoms with Gasteiger partial charge in [0.2, 0.25) is 5.95 Å². The van der Waals surface area contributed by atoms with E-state index < -0.39 is 11.9 Å². The van der Waals surface area contributed by atoms with Gasteiger partial charge in [-0.3, -0.25) is 0 Å². The SMILES string of the molecule is CC1(C)C(N)CC1Nc1nccc(C(F)(F)F)n1. The van der Waals surface area contributed by atoms with Crippen LogP contribution in [0.15, 0.2) is 12.3 Å². The molecule has 1 heterocycles. The molecule has 0 aromatic carbocycles. The van der Waals surface area contributed by atoms with Gasteiger partial charge in [0.05, 0.1) is 0 Å². The lowest BCUT2D eigenvalue weighted by molar-refractivity contribution is -0.141. The van der Waals surface area contributed by atoms with Crippen LogP contribution >= 0.6 is 0 Å². The molecule has 1 fully saturated rings. The van der Waals surface area contributed by atoms with Gasteiger partial charge in [-0.1, -0.05) is 13.8 Å². The summed E-state index contributed by atoms with van der Waals surface area (Å²) in [5.41, 5.74) is 4.73. The molecule has 1 aliphatic rings. The molecule has 2 unspecified atom stereocenters. The topological polar surface area (TPSA) is 63.8 Å². The molecule has 0 saturated heterocycles. The molecule has 3 N–H and O–H groups in total. The summed E-state index contributed by atoms with van der Waals surface area (Å²) in [5, 5.41) is 2.91. The predicted octanol–water partition coefficient (Wildman–Crippen LogP) is 2.03. The van der Waals surface area contributed by atoms with Crippen molar-refractivity contribution in [2.45, 2.75) is 38.5 Å². The van der Waals surface area contributed by atoms with Crippen LogP contribution in [0.25, 0.3) is 0 Å². The van der Waals surface area contributed by atoms with E-state index in [0.717, 1.165) is 12.3 Å². The number of alkyl halides is 3. The van der Waals surface area contributed by atoms with E-state index in [0.29, 0.717) is 6.42 Å². The summed E-state index contributed by atoms with van der Waals surface area (Å²) >= 11 is 0. The first-order valence-corrected chi connectivity index (χ1v) is 5.63. The van der Waals surface area contributed by atoms with Gasteiger partial charge in [0.15, 0.2) is 0 Å². The zero-order chi connectivity index (χ0) is 13.6. The van der Waals surface area contributed by atoms with Gasteiger partial charge in [0.1, 0.15) is 5.69 Å². The molecule has 18 heavy (non-hydrogen) atoms. The van der Waals surface area contributed by atoms with Crippen molar-refractivity contribution in [3.05, 3.63) is 18.0 Å². The largest absolute Gasteiger partial charge is 0.433 e. The Kier molecular flexibility index (Phi) is 2.96. The lowest BCUT2D eigenvalue weighted by atomic mass is 9.63. The van der Waals surface area contributed by atoms with E-state index in [-0.39, 0.29) is 23.4 Å². The van der Waals surface area contributed by atoms with Gasteiger partial charge in [-0.15, -0.1) is 0 Å². The molecule has 1 aromatic heterocycles. The average molecular weight is 260 g/mol. The Morgan fingerprint density at radius 3 is 2.61 bits per heavy atom. The van der Waals surface area contributed by atoms with Crippen molar-refractivity contribution < 1.29 is 13.2 Å². The molecule has 1 aromatic rings. The highest BCUT2D eigenvalue weighted by Crippen LogP contribution is 2.40. The van der Waals surface area contributed by atoms with Crippen LogP contribution in [0.4, 0.5) is 19.1 Å². The number of hydrogen-bond donors (Lipinski definition) is 2. The molecule has 7 heteroatoms. The van der Waals surface area contributed by atoms with Gasteiger partial charge >= 0.3 is 6.18 Å². The van der Waals surface area contributed by atoms with Crippen molar-refractivity contribution >= 4 is 5.95 Å². The Bertz CT molecular complexity index is 444. The first-order valence-electron chi connectivity index (χ1n) is 5.63. The van der Waals surface area contributed by atoms with E-state index in [4.69, 9.17) is 5.73 Å². The maximum atomic E-state index is 12.5. The highest BCUT2D eigenvalue weighted by molar-refractivity contribution is 5.31. The van der Waals surface area contributed by atoms with Crippen LogP contribution in [-0.2, 0) is 6.18 Å². The van der Waals surface area contributed by atoms with E-state index in [1.165, 1.54) is 0 Å². The molecule has 1 aliphatic carbocycles. The summed E-state index contributed by atoms with van der Waals surface area (Å²) < 4.78 is 37.4. The zero-order valence-electron chi connectivity index (χ0n) is 10.1. The lowest BCUT2D eigenvalue weighted by Gasteiger charge is -2.50. The molecule has 0 spiro atoms. The molecule has 100 valence electrons. The van der Waals surface area contributed by atoms with Crippen molar-refractivity contribution in [2.75, 3.05) is 5.32 Å². The van der Waals surface area contributed by atoms with Crippen LogP contribution < -0.4 is 11.1 Å². The molecule has 4 nitrogen and oxygen atoms in total. The first kappa shape index (κ1) is 13.1. The van der Waals surface area contributed by atoms with Crippen molar-refractivity contribution in [1.82, 2.24) is 9.97 Å². The highest BCUT2D eigenvalue weighted by Gasteiger charge is 2.46. The standard InChI is InChI=1S/C11H15F3N4/c1-10(2)6(15)5-8(10)18-9-16-4-3-7(17-9)11(12,13)14/h3-4,6,8H,5,15H2,1-2H3,(H,16,17,18). The number of anilines is 1. The summed E-state index contributed by atoms with van der Waals surface area (Å²) in [6.07, 6.45) is -2.65. The third kappa shape index (κ3) is 2.27. The second-order valence-corrected chi connectivity index (χ2v) is 5.12. The third-order valence-electron chi connectivity index (χ3n) is 3.59. The Balaban J connectivity index is 2.12. The fourth-order valence-electron chi connectivity index (χ4n) is 1.95. The van der Waals surface area contributed by atoms with Crippen LogP contribution in [0.2, 0.25) is 0 Å². The fourth-order valence-corrected chi connectivity index (χ4v) is 1.95. The van der Waals surface area contributed by atoms with Crippen molar-refractivity contribution in [1.29, 1.82) is 0 Å². The minimum Gasteiger partial charge on any atom is -0.351 e. The van der Waals surface area contributed by atoms with Gasteiger partial charge in [0.25, 0.3) is 0 Å². The van der Waals surface area contributed by atoms with E-state index in [1.54, 1.807) is 0 Å². The van der Waals surface area contributed by atoms with Crippen LogP contribution in [0, 0.1) is 5.41 Å². The first-order chi connectivity index (χ1) is 8.21. The second-order valence-electron chi connectivity index (χ2n) is 5.12. The maximum absolute atomic E-state index is 12.5. The molecule has 2 rings (SSSR count). The minimum atomic E-state index is -4.45. The summed E-state index contributed by atoms with van der Waals surface area (Å²) in [4.78, 5) is 7.27. The van der Waals surface area contributed by atoms with Gasteiger partial charge < -0.3 is 11.1 Å². The van der Waals surface area contributed by atoms with Crippen LogP contribution in [-0.4, -0.2) is 22.1 Å². The van der Waals surface area contributed by atoms with E-state index in [1.807, 2.05) is 13.8 Å². The van der Waals surface area contributed by atoms with Gasteiger partial charge in [-0.2, -0.15) is 13.2 Å². The van der Waals surface area contributed by atoms with E-state index in [9.17, 15) is 13.2 Å². The number of nitrogens with two attached hydrogens (primary N) is 1. The van der Waals surface area contributed by atoms with Crippen LogP contribution in [0.1, 0.15) is 26.0 Å². The molecule has 0 aliphatic heterocycles. The normalized spacial score (nSPS) is 26.6. The van der Waals surface area contributed by atoms with Gasteiger partial charge in [-0.05, 0) is 12.5 Å². The second kappa shape index (κ2) is 4.08. The molecular formula is C11H15F3N4. The van der Waals surface area contributed by atoms with Crippen LogP contribution in [0.3, 0.4) is 0 Å². The average Bonchev–Trinajstić information content (AvgIpc) is 2.28. The Morgan fingerprint density at radius 2 is 2.11 bits per heavy atom. The van der Waals surface area contributed by atoms with Crippen LogP contribution in [0.5, 0.6) is 0 Å². The number of hydrogen-bond acceptors (Lipinski definition) is 4. The molecular weight excluding hydrogens is 245 g/mol. The lowest BCUT2D eigenvalue weighted by Crippen LogP contribution is -2.61. The smallest absolute Gasteiger partial charge is 0.351 e. The number of halogens is 3. The van der Waals surface area contributed by atoms with E-state index in [2.05, 4.69) is 15.3 Å². The quantitative estimate of drug-likeness (QED) is 0.854. The molecule has 1 saturated carbocycles. The minimum absolute atomic E-state index is 0.00372. The molecule has 0 amide bonds. The maximum Gasteiger partial charge on any atom is 0.433 e. The fraction of sp³-hybridized carbons (Fsp3) is 0.636. The molecule has 2 atom stereocenters. The Labute approximate surface area is 103 Å².